The van der Waals surface area contributed by atoms with Crippen LogP contribution in [0.25, 0.3) is 0 Å². The minimum Gasteiger partial charge on any atom is -0.383 e. The minimum atomic E-state index is -3.20. The fourth-order valence-electron chi connectivity index (χ4n) is 1.92. The van der Waals surface area contributed by atoms with Gasteiger partial charge in [0, 0.05) is 26.2 Å². The third-order valence-electron chi connectivity index (χ3n) is 3.01. The van der Waals surface area contributed by atoms with Crippen LogP contribution in [-0.2, 0) is 14.8 Å². The van der Waals surface area contributed by atoms with Gasteiger partial charge in [-0.3, -0.25) is 0 Å². The van der Waals surface area contributed by atoms with Crippen molar-refractivity contribution in [2.24, 2.45) is 0 Å². The molecule has 0 radical (unpaired) electrons. The van der Waals surface area contributed by atoms with Gasteiger partial charge in [0.25, 0.3) is 0 Å². The van der Waals surface area contributed by atoms with E-state index in [1.165, 1.54) is 0 Å². The number of hydrogen-bond donors (Lipinski definition) is 1. The minimum absolute atomic E-state index is 0.0757. The second-order valence-electron chi connectivity index (χ2n) is 4.24. The van der Waals surface area contributed by atoms with Gasteiger partial charge in [0.2, 0.25) is 10.0 Å². The predicted molar refractivity (Wildman–Crippen MR) is 75.3 cm³/mol. The highest BCUT2D eigenvalue weighted by atomic mass is 32.2. The standard InChI is InChI=1S/C12H28N2O3S/c1-5-12(6-2)14(9-10-17-4)18(15,16)11-8-13-7-3/h12-13H,5-11H2,1-4H3. The quantitative estimate of drug-likeness (QED) is 0.575. The molecule has 1 N–H and O–H groups in total. The Hall–Kier alpha value is -0.170. The van der Waals surface area contributed by atoms with E-state index >= 15 is 0 Å². The third kappa shape index (κ3) is 6.13. The molecule has 0 aromatic carbocycles. The first kappa shape index (κ1) is 17.8. The van der Waals surface area contributed by atoms with Crippen LogP contribution < -0.4 is 5.32 Å². The maximum absolute atomic E-state index is 12.3. The Bertz CT molecular complexity index is 290. The SMILES string of the molecule is CCNCCS(=O)(=O)N(CCOC)C(CC)CC. The molecule has 0 unspecified atom stereocenters. The fourth-order valence-corrected chi connectivity index (χ4v) is 3.66. The molecule has 6 heteroatoms. The first-order valence-electron chi connectivity index (χ1n) is 6.72. The lowest BCUT2D eigenvalue weighted by Crippen LogP contribution is -2.44. The van der Waals surface area contributed by atoms with E-state index in [9.17, 15) is 8.42 Å². The molecule has 0 spiro atoms. The van der Waals surface area contributed by atoms with Gasteiger partial charge in [-0.05, 0) is 19.4 Å². The number of rotatable bonds is 11. The van der Waals surface area contributed by atoms with Crippen LogP contribution in [-0.4, -0.2) is 57.9 Å². The van der Waals surface area contributed by atoms with Crippen LogP contribution in [0.3, 0.4) is 0 Å². The molecule has 18 heavy (non-hydrogen) atoms. The molecule has 0 aromatic heterocycles. The molecule has 0 heterocycles. The van der Waals surface area contributed by atoms with Crippen molar-refractivity contribution in [2.75, 3.05) is 39.1 Å². The summed E-state index contributed by atoms with van der Waals surface area (Å²) in [6.07, 6.45) is 1.67. The molecule has 0 amide bonds. The third-order valence-corrected chi connectivity index (χ3v) is 4.93. The zero-order valence-electron chi connectivity index (χ0n) is 12.1. The summed E-state index contributed by atoms with van der Waals surface area (Å²) >= 11 is 0. The summed E-state index contributed by atoms with van der Waals surface area (Å²) in [6, 6.07) is 0.0757. The maximum atomic E-state index is 12.3. The highest BCUT2D eigenvalue weighted by Gasteiger charge is 2.27. The Balaban J connectivity index is 4.69. The predicted octanol–water partition coefficient (Wildman–Crippen LogP) is 1.06. The van der Waals surface area contributed by atoms with E-state index in [2.05, 4.69) is 5.32 Å². The van der Waals surface area contributed by atoms with Gasteiger partial charge in [-0.2, -0.15) is 4.31 Å². The zero-order valence-corrected chi connectivity index (χ0v) is 12.9. The number of sulfonamides is 1. The highest BCUT2D eigenvalue weighted by Crippen LogP contribution is 2.14. The number of nitrogens with one attached hydrogen (secondary N) is 1. The molecule has 110 valence electrons. The van der Waals surface area contributed by atoms with E-state index in [0.717, 1.165) is 19.4 Å². The van der Waals surface area contributed by atoms with E-state index < -0.39 is 10.0 Å². The molecule has 0 saturated heterocycles. The van der Waals surface area contributed by atoms with Gasteiger partial charge in [-0.25, -0.2) is 8.42 Å². The fraction of sp³-hybridized carbons (Fsp3) is 1.00. The van der Waals surface area contributed by atoms with Gasteiger partial charge in [-0.15, -0.1) is 0 Å². The lowest BCUT2D eigenvalue weighted by Gasteiger charge is -2.29. The summed E-state index contributed by atoms with van der Waals surface area (Å²) in [5, 5.41) is 3.05. The molecule has 0 rings (SSSR count). The maximum Gasteiger partial charge on any atom is 0.215 e. The van der Waals surface area contributed by atoms with Crippen molar-refractivity contribution in [1.29, 1.82) is 0 Å². The number of nitrogens with zero attached hydrogens (tertiary/aromatic N) is 1. The van der Waals surface area contributed by atoms with Crippen molar-refractivity contribution in [3.05, 3.63) is 0 Å². The van der Waals surface area contributed by atoms with Gasteiger partial charge < -0.3 is 10.1 Å². The Morgan fingerprint density at radius 1 is 1.22 bits per heavy atom. The topological polar surface area (TPSA) is 58.6 Å². The summed E-state index contributed by atoms with van der Waals surface area (Å²) in [5.41, 5.74) is 0. The first-order chi connectivity index (χ1) is 8.53. The Morgan fingerprint density at radius 2 is 1.83 bits per heavy atom. The Kier molecular flexibility index (Phi) is 9.63. The molecule has 0 aliphatic carbocycles. The van der Waals surface area contributed by atoms with Gasteiger partial charge >= 0.3 is 0 Å². The second-order valence-corrected chi connectivity index (χ2v) is 6.28. The normalized spacial score (nSPS) is 12.6. The average Bonchev–Trinajstić information content (AvgIpc) is 2.34. The van der Waals surface area contributed by atoms with Gasteiger partial charge in [0.05, 0.1) is 12.4 Å². The lowest BCUT2D eigenvalue weighted by atomic mass is 10.2. The van der Waals surface area contributed by atoms with Crippen LogP contribution in [0.1, 0.15) is 33.6 Å². The summed E-state index contributed by atoms with van der Waals surface area (Å²) in [4.78, 5) is 0. The molecule has 0 fully saturated rings. The van der Waals surface area contributed by atoms with Gasteiger partial charge in [0.15, 0.2) is 0 Å². The van der Waals surface area contributed by atoms with E-state index in [-0.39, 0.29) is 11.8 Å². The van der Waals surface area contributed by atoms with Crippen molar-refractivity contribution < 1.29 is 13.2 Å². The van der Waals surface area contributed by atoms with Crippen LogP contribution >= 0.6 is 0 Å². The van der Waals surface area contributed by atoms with Crippen molar-refractivity contribution in [3.63, 3.8) is 0 Å². The Morgan fingerprint density at radius 3 is 2.28 bits per heavy atom. The lowest BCUT2D eigenvalue weighted by molar-refractivity contribution is 0.163. The molecule has 0 aliphatic heterocycles. The van der Waals surface area contributed by atoms with Crippen LogP contribution in [0.2, 0.25) is 0 Å². The molecular formula is C12H28N2O3S. The van der Waals surface area contributed by atoms with E-state index in [4.69, 9.17) is 4.74 Å². The number of methoxy groups -OCH3 is 1. The van der Waals surface area contributed by atoms with Crippen molar-refractivity contribution in [3.8, 4) is 0 Å². The molecule has 0 aliphatic rings. The average molecular weight is 280 g/mol. The summed E-state index contributed by atoms with van der Waals surface area (Å²) < 4.78 is 31.2. The Labute approximate surface area is 112 Å². The van der Waals surface area contributed by atoms with Crippen LogP contribution in [0.4, 0.5) is 0 Å². The van der Waals surface area contributed by atoms with Crippen LogP contribution in [0.15, 0.2) is 0 Å². The molecular weight excluding hydrogens is 252 g/mol. The second kappa shape index (κ2) is 9.72. The smallest absolute Gasteiger partial charge is 0.215 e. The molecule has 5 nitrogen and oxygen atoms in total. The van der Waals surface area contributed by atoms with E-state index in [0.29, 0.717) is 19.7 Å². The first-order valence-corrected chi connectivity index (χ1v) is 8.33. The monoisotopic (exact) mass is 280 g/mol. The summed E-state index contributed by atoms with van der Waals surface area (Å²) in [7, 11) is -1.61. The van der Waals surface area contributed by atoms with Gasteiger partial charge in [-0.1, -0.05) is 20.8 Å². The van der Waals surface area contributed by atoms with Crippen molar-refractivity contribution in [1.82, 2.24) is 9.62 Å². The van der Waals surface area contributed by atoms with Gasteiger partial charge in [0.1, 0.15) is 0 Å². The van der Waals surface area contributed by atoms with E-state index in [1.807, 2.05) is 20.8 Å². The van der Waals surface area contributed by atoms with Crippen molar-refractivity contribution in [2.45, 2.75) is 39.7 Å². The molecule has 0 bridgehead atoms. The van der Waals surface area contributed by atoms with Crippen molar-refractivity contribution >= 4 is 10.0 Å². The number of hydrogen-bond acceptors (Lipinski definition) is 4. The van der Waals surface area contributed by atoms with E-state index in [1.54, 1.807) is 11.4 Å². The van der Waals surface area contributed by atoms with Crippen LogP contribution in [0, 0.1) is 0 Å². The summed E-state index contributed by atoms with van der Waals surface area (Å²) in [6.45, 7) is 8.19. The largest absolute Gasteiger partial charge is 0.383 e. The number of ether oxygens (including phenoxy) is 1. The molecule has 0 saturated carbocycles. The zero-order chi connectivity index (χ0) is 14.0. The molecule has 0 atom stereocenters. The highest BCUT2D eigenvalue weighted by molar-refractivity contribution is 7.89. The summed E-state index contributed by atoms with van der Waals surface area (Å²) in [5.74, 6) is 0.154. The molecule has 0 aromatic rings. The van der Waals surface area contributed by atoms with Crippen LogP contribution in [0.5, 0.6) is 0 Å².